The zero-order valence-corrected chi connectivity index (χ0v) is 15.8. The molecule has 4 rings (SSSR count). The van der Waals surface area contributed by atoms with Gasteiger partial charge in [0, 0.05) is 28.8 Å². The summed E-state index contributed by atoms with van der Waals surface area (Å²) in [6.07, 6.45) is 6.43. The Hall–Kier alpha value is -1.32. The van der Waals surface area contributed by atoms with Crippen LogP contribution in [0.1, 0.15) is 36.8 Å². The molecule has 0 amide bonds. The number of benzene rings is 2. The Morgan fingerprint density at radius 1 is 0.833 bits per heavy atom. The predicted octanol–water partition coefficient (Wildman–Crippen LogP) is 5.37. The van der Waals surface area contributed by atoms with Crippen molar-refractivity contribution in [3.05, 3.63) is 58.1 Å². The van der Waals surface area contributed by atoms with Crippen LogP contribution in [0.25, 0.3) is 0 Å². The number of halogens is 1. The van der Waals surface area contributed by atoms with Crippen LogP contribution in [0.5, 0.6) is 0 Å². The highest BCUT2D eigenvalue weighted by atomic mass is 79.9. The molecule has 2 aliphatic heterocycles. The Balaban J connectivity index is 1.53. The summed E-state index contributed by atoms with van der Waals surface area (Å²) in [4.78, 5) is 5.17. The van der Waals surface area contributed by atoms with Gasteiger partial charge >= 0.3 is 0 Å². The molecule has 0 aromatic heterocycles. The fraction of sp³-hybridized carbons (Fsp3) is 0.429. The van der Waals surface area contributed by atoms with E-state index in [9.17, 15) is 0 Å². The van der Waals surface area contributed by atoms with E-state index in [4.69, 9.17) is 0 Å². The number of piperidine rings is 1. The van der Waals surface area contributed by atoms with Crippen LogP contribution in [0.3, 0.4) is 0 Å². The van der Waals surface area contributed by atoms with Crippen molar-refractivity contribution in [2.45, 2.75) is 32.1 Å². The summed E-state index contributed by atoms with van der Waals surface area (Å²) in [6.45, 7) is 4.91. The lowest BCUT2D eigenvalue weighted by Gasteiger charge is -2.34. The zero-order chi connectivity index (χ0) is 16.4. The topological polar surface area (TPSA) is 6.48 Å². The van der Waals surface area contributed by atoms with E-state index < -0.39 is 0 Å². The second kappa shape index (κ2) is 7.28. The Morgan fingerprint density at radius 3 is 2.50 bits per heavy atom. The second-order valence-electron chi connectivity index (χ2n) is 6.99. The first-order valence-electron chi connectivity index (χ1n) is 9.17. The van der Waals surface area contributed by atoms with Crippen molar-refractivity contribution < 1.29 is 0 Å². The number of nitrogens with zero attached hydrogens (tertiary/aromatic N) is 2. The second-order valence-corrected chi connectivity index (χ2v) is 7.90. The smallest absolute Gasteiger partial charge is 0.0447 e. The first-order chi connectivity index (χ1) is 11.8. The first kappa shape index (κ1) is 16.2. The van der Waals surface area contributed by atoms with Crippen molar-refractivity contribution in [3.8, 4) is 0 Å². The maximum atomic E-state index is 3.63. The molecule has 2 nitrogen and oxygen atoms in total. The van der Waals surface area contributed by atoms with Crippen molar-refractivity contribution in [1.82, 2.24) is 4.90 Å². The molecule has 126 valence electrons. The van der Waals surface area contributed by atoms with Gasteiger partial charge < -0.3 is 9.80 Å². The van der Waals surface area contributed by atoms with Gasteiger partial charge in [0.1, 0.15) is 0 Å². The third kappa shape index (κ3) is 3.38. The summed E-state index contributed by atoms with van der Waals surface area (Å²) < 4.78 is 1.17. The van der Waals surface area contributed by atoms with Crippen LogP contribution in [-0.2, 0) is 6.42 Å². The van der Waals surface area contributed by atoms with Crippen LogP contribution in [0, 0.1) is 0 Å². The third-order valence-electron chi connectivity index (χ3n) is 5.30. The molecule has 0 saturated carbocycles. The average Bonchev–Trinajstić information content (AvgIpc) is 2.62. The number of fused-ring (bicyclic) bond motifs is 2. The minimum absolute atomic E-state index is 1.04. The van der Waals surface area contributed by atoms with E-state index >= 15 is 0 Å². The molecule has 2 aliphatic rings. The first-order valence-corrected chi connectivity index (χ1v) is 9.97. The van der Waals surface area contributed by atoms with E-state index in [1.807, 2.05) is 0 Å². The van der Waals surface area contributed by atoms with E-state index in [0.717, 1.165) is 13.0 Å². The molecule has 2 heterocycles. The Morgan fingerprint density at radius 2 is 1.62 bits per heavy atom. The summed E-state index contributed by atoms with van der Waals surface area (Å²) >= 11 is 3.63. The fourth-order valence-electron chi connectivity index (χ4n) is 4.09. The standard InChI is InChI=1S/C21H25BrN2/c22-19-9-10-21-18(16-19)15-17-7-2-3-8-20(17)24(21)14-6-13-23-11-4-1-5-12-23/h2-3,7-10,16H,1,4-6,11-15H2. The predicted molar refractivity (Wildman–Crippen MR) is 105 cm³/mol. The number of likely N-dealkylation sites (tertiary alicyclic amines) is 1. The highest BCUT2D eigenvalue weighted by Gasteiger charge is 2.22. The quantitative estimate of drug-likeness (QED) is 0.698. The molecule has 0 N–H and O–H groups in total. The van der Waals surface area contributed by atoms with Gasteiger partial charge in [0.05, 0.1) is 0 Å². The maximum Gasteiger partial charge on any atom is 0.0447 e. The van der Waals surface area contributed by atoms with Gasteiger partial charge in [-0.15, -0.1) is 0 Å². The normalized spacial score (nSPS) is 17.5. The number of anilines is 2. The fourth-order valence-corrected chi connectivity index (χ4v) is 4.50. The molecule has 0 spiro atoms. The number of hydrogen-bond donors (Lipinski definition) is 0. The third-order valence-corrected chi connectivity index (χ3v) is 5.79. The van der Waals surface area contributed by atoms with Crippen molar-refractivity contribution in [2.24, 2.45) is 0 Å². The Bertz CT molecular complexity index is 707. The molecule has 24 heavy (non-hydrogen) atoms. The molecule has 1 fully saturated rings. The lowest BCUT2D eigenvalue weighted by Crippen LogP contribution is -2.33. The molecule has 2 aromatic carbocycles. The molecule has 1 saturated heterocycles. The van der Waals surface area contributed by atoms with Crippen LogP contribution >= 0.6 is 15.9 Å². The summed E-state index contributed by atoms with van der Waals surface area (Å²) in [5.41, 5.74) is 5.66. The van der Waals surface area contributed by atoms with Crippen molar-refractivity contribution in [3.63, 3.8) is 0 Å². The molecule has 2 aromatic rings. The summed E-state index contributed by atoms with van der Waals surface area (Å²) in [7, 11) is 0. The molecule has 3 heteroatoms. The average molecular weight is 385 g/mol. The highest BCUT2D eigenvalue weighted by molar-refractivity contribution is 9.10. The van der Waals surface area contributed by atoms with E-state index in [2.05, 4.69) is 68.2 Å². The van der Waals surface area contributed by atoms with Crippen LogP contribution < -0.4 is 4.90 Å². The van der Waals surface area contributed by atoms with Gasteiger partial charge in [-0.3, -0.25) is 0 Å². The summed E-state index contributed by atoms with van der Waals surface area (Å²) in [5, 5.41) is 0. The molecule has 0 bridgehead atoms. The molecule has 0 radical (unpaired) electrons. The zero-order valence-electron chi connectivity index (χ0n) is 14.2. The van der Waals surface area contributed by atoms with Gasteiger partial charge in [0.15, 0.2) is 0 Å². The molecule has 0 atom stereocenters. The van der Waals surface area contributed by atoms with Gasteiger partial charge in [-0.2, -0.15) is 0 Å². The minimum Gasteiger partial charge on any atom is -0.341 e. The van der Waals surface area contributed by atoms with Gasteiger partial charge in [0.25, 0.3) is 0 Å². The maximum absolute atomic E-state index is 3.63. The largest absolute Gasteiger partial charge is 0.341 e. The summed E-state index contributed by atoms with van der Waals surface area (Å²) in [5.74, 6) is 0. The van der Waals surface area contributed by atoms with Crippen molar-refractivity contribution in [2.75, 3.05) is 31.1 Å². The van der Waals surface area contributed by atoms with Crippen molar-refractivity contribution >= 4 is 27.3 Å². The molecule has 0 unspecified atom stereocenters. The van der Waals surface area contributed by atoms with Gasteiger partial charge in [-0.25, -0.2) is 0 Å². The number of hydrogen-bond acceptors (Lipinski definition) is 2. The van der Waals surface area contributed by atoms with Gasteiger partial charge in [0.2, 0.25) is 0 Å². The minimum atomic E-state index is 1.04. The monoisotopic (exact) mass is 384 g/mol. The summed E-state index contributed by atoms with van der Waals surface area (Å²) in [6, 6.07) is 15.6. The highest BCUT2D eigenvalue weighted by Crippen LogP contribution is 2.39. The van der Waals surface area contributed by atoms with Gasteiger partial charge in [-0.05, 0) is 74.3 Å². The molecular formula is C21H25BrN2. The van der Waals surface area contributed by atoms with Crippen LogP contribution in [-0.4, -0.2) is 31.1 Å². The lowest BCUT2D eigenvalue weighted by molar-refractivity contribution is 0.227. The van der Waals surface area contributed by atoms with Crippen LogP contribution in [0.15, 0.2) is 46.9 Å². The van der Waals surface area contributed by atoms with Gasteiger partial charge in [-0.1, -0.05) is 40.5 Å². The lowest BCUT2D eigenvalue weighted by atomic mass is 9.95. The van der Waals surface area contributed by atoms with E-state index in [1.165, 1.54) is 72.3 Å². The number of para-hydroxylation sites is 1. The Kier molecular flexibility index (Phi) is 4.91. The SMILES string of the molecule is Brc1ccc2c(c1)Cc1ccccc1N2CCCN1CCCCC1. The molecular weight excluding hydrogens is 360 g/mol. The van der Waals surface area contributed by atoms with E-state index in [1.54, 1.807) is 0 Å². The van der Waals surface area contributed by atoms with E-state index in [0.29, 0.717) is 0 Å². The Labute approximate surface area is 153 Å². The van der Waals surface area contributed by atoms with E-state index in [-0.39, 0.29) is 0 Å². The van der Waals surface area contributed by atoms with Crippen LogP contribution in [0.4, 0.5) is 11.4 Å². The number of rotatable bonds is 4. The molecule has 0 aliphatic carbocycles. The van der Waals surface area contributed by atoms with Crippen LogP contribution in [0.2, 0.25) is 0 Å². The van der Waals surface area contributed by atoms with Crippen molar-refractivity contribution in [1.29, 1.82) is 0 Å².